The SMILES string of the molecule is O=C(c1cccc(Cl)c1)N1N=C(C(F)(F)F)C[C@@]1(O)c1ccccc1. The second kappa shape index (κ2) is 6.16. The van der Waals surface area contributed by atoms with E-state index in [1.807, 2.05) is 0 Å². The highest BCUT2D eigenvalue weighted by atomic mass is 35.5. The van der Waals surface area contributed by atoms with Crippen molar-refractivity contribution in [2.24, 2.45) is 5.10 Å². The molecule has 1 aliphatic heterocycles. The van der Waals surface area contributed by atoms with Crippen molar-refractivity contribution in [3.63, 3.8) is 0 Å². The minimum atomic E-state index is -4.76. The Morgan fingerprint density at radius 1 is 1.16 bits per heavy atom. The molecule has 0 aliphatic carbocycles. The number of hydrogen-bond donors (Lipinski definition) is 1. The summed E-state index contributed by atoms with van der Waals surface area (Å²) in [6.07, 6.45) is -5.61. The summed E-state index contributed by atoms with van der Waals surface area (Å²) in [5.41, 5.74) is -3.30. The molecule has 0 spiro atoms. The summed E-state index contributed by atoms with van der Waals surface area (Å²) < 4.78 is 39.4. The fourth-order valence-electron chi connectivity index (χ4n) is 2.59. The maximum absolute atomic E-state index is 13.1. The molecule has 0 saturated heterocycles. The molecule has 3 rings (SSSR count). The Bertz CT molecular complexity index is 839. The average Bonchev–Trinajstić information content (AvgIpc) is 2.94. The first kappa shape index (κ1) is 17.4. The lowest BCUT2D eigenvalue weighted by Gasteiger charge is -2.31. The standard InChI is InChI=1S/C17H12ClF3N2O2/c18-13-8-4-5-11(9-13)15(24)23-16(25,12-6-2-1-3-7-12)10-14(22-23)17(19,20)21/h1-9,25H,10H2/t16-/m1/s1. The number of alkyl halides is 3. The highest BCUT2D eigenvalue weighted by Crippen LogP contribution is 2.40. The van der Waals surface area contributed by atoms with Crippen LogP contribution in [-0.2, 0) is 5.72 Å². The van der Waals surface area contributed by atoms with E-state index in [1.165, 1.54) is 36.4 Å². The van der Waals surface area contributed by atoms with Gasteiger partial charge in [0.15, 0.2) is 5.72 Å². The Labute approximate surface area is 146 Å². The zero-order valence-electron chi connectivity index (χ0n) is 12.7. The predicted molar refractivity (Wildman–Crippen MR) is 86.1 cm³/mol. The Morgan fingerprint density at radius 3 is 2.44 bits per heavy atom. The summed E-state index contributed by atoms with van der Waals surface area (Å²) in [7, 11) is 0. The van der Waals surface area contributed by atoms with Crippen molar-refractivity contribution in [3.05, 3.63) is 70.7 Å². The maximum atomic E-state index is 13.1. The molecule has 1 N–H and O–H groups in total. The van der Waals surface area contributed by atoms with Gasteiger partial charge in [-0.2, -0.15) is 23.3 Å². The number of rotatable bonds is 2. The van der Waals surface area contributed by atoms with Gasteiger partial charge in [0.05, 0.1) is 6.42 Å². The highest BCUT2D eigenvalue weighted by molar-refractivity contribution is 6.31. The Morgan fingerprint density at radius 2 is 1.84 bits per heavy atom. The summed E-state index contributed by atoms with van der Waals surface area (Å²) in [6.45, 7) is 0. The van der Waals surface area contributed by atoms with Gasteiger partial charge in [-0.25, -0.2) is 0 Å². The third-order valence-electron chi connectivity index (χ3n) is 3.81. The first-order valence-electron chi connectivity index (χ1n) is 7.24. The maximum Gasteiger partial charge on any atom is 0.431 e. The minimum absolute atomic E-state index is 0.0223. The lowest BCUT2D eigenvalue weighted by molar-refractivity contribution is -0.0816. The number of amides is 1. The quantitative estimate of drug-likeness (QED) is 0.872. The van der Waals surface area contributed by atoms with Crippen LogP contribution in [0.5, 0.6) is 0 Å². The summed E-state index contributed by atoms with van der Waals surface area (Å²) in [6, 6.07) is 13.3. The van der Waals surface area contributed by atoms with Crippen LogP contribution in [0, 0.1) is 0 Å². The number of hydrogen-bond acceptors (Lipinski definition) is 3. The van der Waals surface area contributed by atoms with Crippen molar-refractivity contribution in [2.45, 2.75) is 18.3 Å². The van der Waals surface area contributed by atoms with Gasteiger partial charge >= 0.3 is 6.18 Å². The van der Waals surface area contributed by atoms with Crippen LogP contribution >= 0.6 is 11.6 Å². The molecule has 1 amide bonds. The number of nitrogens with zero attached hydrogens (tertiary/aromatic N) is 2. The van der Waals surface area contributed by atoms with Crippen LogP contribution in [0.4, 0.5) is 13.2 Å². The van der Waals surface area contributed by atoms with E-state index in [0.29, 0.717) is 5.01 Å². The second-order valence-electron chi connectivity index (χ2n) is 5.53. The van der Waals surface area contributed by atoms with Gasteiger partial charge in [0.25, 0.3) is 5.91 Å². The van der Waals surface area contributed by atoms with Gasteiger partial charge in [-0.1, -0.05) is 48.0 Å². The van der Waals surface area contributed by atoms with E-state index in [1.54, 1.807) is 18.2 Å². The molecule has 4 nitrogen and oxygen atoms in total. The van der Waals surface area contributed by atoms with E-state index in [0.717, 1.165) is 0 Å². The fraction of sp³-hybridized carbons (Fsp3) is 0.176. The van der Waals surface area contributed by atoms with Crippen LogP contribution in [0.2, 0.25) is 5.02 Å². The lowest BCUT2D eigenvalue weighted by atomic mass is 9.96. The van der Waals surface area contributed by atoms with Gasteiger partial charge in [0, 0.05) is 16.1 Å². The van der Waals surface area contributed by atoms with Crippen LogP contribution in [0.25, 0.3) is 0 Å². The number of hydrazone groups is 1. The van der Waals surface area contributed by atoms with Crippen molar-refractivity contribution in [2.75, 3.05) is 0 Å². The number of benzene rings is 2. The molecule has 0 bridgehead atoms. The first-order valence-corrected chi connectivity index (χ1v) is 7.62. The van der Waals surface area contributed by atoms with Crippen molar-refractivity contribution < 1.29 is 23.1 Å². The smallest absolute Gasteiger partial charge is 0.365 e. The summed E-state index contributed by atoms with van der Waals surface area (Å²) in [5, 5.41) is 15.0. The molecule has 2 aromatic carbocycles. The van der Waals surface area contributed by atoms with Crippen molar-refractivity contribution in [3.8, 4) is 0 Å². The normalized spacial score (nSPS) is 20.5. The number of carbonyl (C=O) groups is 1. The fourth-order valence-corrected chi connectivity index (χ4v) is 2.78. The molecule has 0 saturated carbocycles. The average molecular weight is 369 g/mol. The topological polar surface area (TPSA) is 52.9 Å². The van der Waals surface area contributed by atoms with Crippen molar-refractivity contribution in [1.29, 1.82) is 0 Å². The minimum Gasteiger partial charge on any atom is -0.365 e. The van der Waals surface area contributed by atoms with E-state index in [2.05, 4.69) is 5.10 Å². The van der Waals surface area contributed by atoms with E-state index in [9.17, 15) is 23.1 Å². The first-order chi connectivity index (χ1) is 11.7. The largest absolute Gasteiger partial charge is 0.431 e. The molecular formula is C17H12ClF3N2O2. The van der Waals surface area contributed by atoms with Crippen LogP contribution in [-0.4, -0.2) is 27.9 Å². The number of aliphatic hydroxyl groups is 1. The van der Waals surface area contributed by atoms with Crippen LogP contribution < -0.4 is 0 Å². The van der Waals surface area contributed by atoms with Gasteiger partial charge < -0.3 is 5.11 Å². The molecule has 0 aromatic heterocycles. The van der Waals surface area contributed by atoms with Gasteiger partial charge in [-0.05, 0) is 18.2 Å². The Balaban J connectivity index is 2.08. The van der Waals surface area contributed by atoms with Crippen LogP contribution in [0.1, 0.15) is 22.3 Å². The monoisotopic (exact) mass is 368 g/mol. The number of carbonyl (C=O) groups excluding carboxylic acids is 1. The molecule has 1 aliphatic rings. The summed E-state index contributed by atoms with van der Waals surface area (Å²) >= 11 is 5.84. The predicted octanol–water partition coefficient (Wildman–Crippen LogP) is 3.95. The number of halogens is 4. The van der Waals surface area contributed by atoms with E-state index >= 15 is 0 Å². The van der Waals surface area contributed by atoms with Gasteiger partial charge in [0.1, 0.15) is 5.71 Å². The van der Waals surface area contributed by atoms with Crippen LogP contribution in [0.3, 0.4) is 0 Å². The molecule has 2 aromatic rings. The zero-order valence-corrected chi connectivity index (χ0v) is 13.4. The van der Waals surface area contributed by atoms with E-state index in [-0.39, 0.29) is 16.1 Å². The van der Waals surface area contributed by atoms with Gasteiger partial charge in [-0.15, -0.1) is 0 Å². The Kier molecular flexibility index (Phi) is 4.30. The molecule has 0 unspecified atom stereocenters. The summed E-state index contributed by atoms with van der Waals surface area (Å²) in [5.74, 6) is -0.881. The zero-order chi connectivity index (χ0) is 18.2. The van der Waals surface area contributed by atoms with E-state index in [4.69, 9.17) is 11.6 Å². The summed E-state index contributed by atoms with van der Waals surface area (Å²) in [4.78, 5) is 12.7. The van der Waals surface area contributed by atoms with E-state index < -0.39 is 29.9 Å². The molecule has 25 heavy (non-hydrogen) atoms. The molecule has 1 atom stereocenters. The van der Waals surface area contributed by atoms with Crippen LogP contribution in [0.15, 0.2) is 59.7 Å². The van der Waals surface area contributed by atoms with Gasteiger partial charge in [0.2, 0.25) is 0 Å². The third-order valence-corrected chi connectivity index (χ3v) is 4.05. The van der Waals surface area contributed by atoms with Crippen molar-refractivity contribution >= 4 is 23.2 Å². The molecule has 8 heteroatoms. The molecule has 0 radical (unpaired) electrons. The Hall–Kier alpha value is -2.38. The molecule has 1 heterocycles. The molecule has 0 fully saturated rings. The highest BCUT2D eigenvalue weighted by Gasteiger charge is 2.53. The molecule has 130 valence electrons. The van der Waals surface area contributed by atoms with Gasteiger partial charge in [-0.3, -0.25) is 4.79 Å². The third kappa shape index (κ3) is 3.25. The molecular weight excluding hydrogens is 357 g/mol. The second-order valence-corrected chi connectivity index (χ2v) is 5.97. The lowest BCUT2D eigenvalue weighted by Crippen LogP contribution is -2.43. The van der Waals surface area contributed by atoms with Crippen molar-refractivity contribution in [1.82, 2.24) is 5.01 Å².